The zero-order valence-electron chi connectivity index (χ0n) is 12.8. The number of cyclic esters (lactones) is 2. The first-order valence-electron chi connectivity index (χ1n) is 6.82. The Morgan fingerprint density at radius 3 is 2.32 bits per heavy atom. The normalized spacial score (nSPS) is 17.1. The fraction of sp³-hybridized carbons (Fsp3) is 0.375. The Balaban J connectivity index is 2.42. The van der Waals surface area contributed by atoms with Crippen LogP contribution in [-0.4, -0.2) is 23.8 Å². The molecular formula is C16H17BrO5. The van der Waals surface area contributed by atoms with Gasteiger partial charge in [-0.05, 0) is 38.1 Å². The highest BCUT2D eigenvalue weighted by molar-refractivity contribution is 9.10. The monoisotopic (exact) mass is 368 g/mol. The second-order valence-corrected chi connectivity index (χ2v) is 6.50. The average Bonchev–Trinajstić information content (AvgIpc) is 2.35. The van der Waals surface area contributed by atoms with Crippen molar-refractivity contribution >= 4 is 33.9 Å². The zero-order valence-corrected chi connectivity index (χ0v) is 14.4. The lowest BCUT2D eigenvalue weighted by Gasteiger charge is -2.29. The maximum Gasteiger partial charge on any atom is 0.348 e. The van der Waals surface area contributed by atoms with Crippen molar-refractivity contribution in [2.75, 3.05) is 0 Å². The number of carbonyl (C=O) groups excluding carboxylic acids is 2. The molecule has 0 radical (unpaired) electrons. The summed E-state index contributed by atoms with van der Waals surface area (Å²) in [5, 5.41) is 0. The van der Waals surface area contributed by atoms with Crippen LogP contribution < -0.4 is 4.74 Å². The predicted octanol–water partition coefficient (Wildman–Crippen LogP) is 3.46. The average molecular weight is 369 g/mol. The first kappa shape index (κ1) is 16.5. The summed E-state index contributed by atoms with van der Waals surface area (Å²) >= 11 is 3.36. The van der Waals surface area contributed by atoms with Crippen LogP contribution in [0.2, 0.25) is 0 Å². The van der Waals surface area contributed by atoms with Gasteiger partial charge in [0.25, 0.3) is 5.79 Å². The van der Waals surface area contributed by atoms with E-state index in [-0.39, 0.29) is 11.7 Å². The van der Waals surface area contributed by atoms with E-state index in [1.807, 2.05) is 19.9 Å². The third-order valence-corrected chi connectivity index (χ3v) is 3.24. The Morgan fingerprint density at radius 2 is 1.77 bits per heavy atom. The van der Waals surface area contributed by atoms with Gasteiger partial charge in [0.2, 0.25) is 0 Å². The van der Waals surface area contributed by atoms with Crippen LogP contribution in [0.15, 0.2) is 28.2 Å². The summed E-state index contributed by atoms with van der Waals surface area (Å²) in [6, 6.07) is 5.34. The smallest absolute Gasteiger partial charge is 0.348 e. The number of hydrogen-bond acceptors (Lipinski definition) is 5. The van der Waals surface area contributed by atoms with Crippen LogP contribution in [-0.2, 0) is 19.1 Å². The molecule has 0 N–H and O–H groups in total. The highest BCUT2D eigenvalue weighted by Gasteiger charge is 2.39. The topological polar surface area (TPSA) is 61.8 Å². The van der Waals surface area contributed by atoms with Crippen LogP contribution in [0.3, 0.4) is 0 Å². The van der Waals surface area contributed by atoms with Gasteiger partial charge in [-0.25, -0.2) is 9.59 Å². The molecule has 0 unspecified atom stereocenters. The van der Waals surface area contributed by atoms with Gasteiger partial charge in [0.15, 0.2) is 0 Å². The number of benzene rings is 1. The standard InChI is InChI=1S/C16H17BrO5/c1-9(2)20-13-6-5-11(17)7-10(13)8-12-14(18)21-16(3,4)22-15(12)19/h5-9H,1-4H3. The Kier molecular flexibility index (Phi) is 4.60. The maximum atomic E-state index is 12.0. The van der Waals surface area contributed by atoms with Gasteiger partial charge in [0.1, 0.15) is 11.3 Å². The lowest BCUT2D eigenvalue weighted by atomic mass is 10.1. The first-order chi connectivity index (χ1) is 10.2. The molecule has 1 heterocycles. The van der Waals surface area contributed by atoms with E-state index >= 15 is 0 Å². The minimum Gasteiger partial charge on any atom is -0.490 e. The molecule has 1 aliphatic heterocycles. The summed E-state index contributed by atoms with van der Waals surface area (Å²) < 4.78 is 16.6. The molecule has 1 aliphatic rings. The van der Waals surface area contributed by atoms with Crippen LogP contribution in [0.25, 0.3) is 6.08 Å². The van der Waals surface area contributed by atoms with E-state index in [0.29, 0.717) is 11.3 Å². The Labute approximate surface area is 137 Å². The molecule has 0 spiro atoms. The number of rotatable bonds is 3. The summed E-state index contributed by atoms with van der Waals surface area (Å²) in [5.41, 5.74) is 0.428. The van der Waals surface area contributed by atoms with Crippen molar-refractivity contribution in [3.05, 3.63) is 33.8 Å². The molecule has 0 bridgehead atoms. The summed E-state index contributed by atoms with van der Waals surface area (Å²) in [5.74, 6) is -2.11. The SMILES string of the molecule is CC(C)Oc1ccc(Br)cc1C=C1C(=O)OC(C)(C)OC1=O. The van der Waals surface area contributed by atoms with E-state index < -0.39 is 17.7 Å². The van der Waals surface area contributed by atoms with E-state index in [1.54, 1.807) is 12.1 Å². The second kappa shape index (κ2) is 6.12. The van der Waals surface area contributed by atoms with Crippen LogP contribution in [0.1, 0.15) is 33.3 Å². The van der Waals surface area contributed by atoms with Crippen molar-refractivity contribution in [3.63, 3.8) is 0 Å². The second-order valence-electron chi connectivity index (χ2n) is 5.59. The van der Waals surface area contributed by atoms with Crippen LogP contribution in [0.4, 0.5) is 0 Å². The molecule has 1 saturated heterocycles. The lowest BCUT2D eigenvalue weighted by molar-refractivity contribution is -0.222. The van der Waals surface area contributed by atoms with Gasteiger partial charge in [0.05, 0.1) is 6.10 Å². The molecule has 0 aliphatic carbocycles. The van der Waals surface area contributed by atoms with Gasteiger partial charge in [-0.1, -0.05) is 15.9 Å². The third kappa shape index (κ3) is 3.88. The van der Waals surface area contributed by atoms with E-state index in [0.717, 1.165) is 4.47 Å². The number of esters is 2. The molecular weight excluding hydrogens is 352 g/mol. The minimum atomic E-state index is -1.25. The summed E-state index contributed by atoms with van der Waals surface area (Å²) in [6.45, 7) is 6.80. The van der Waals surface area contributed by atoms with Crippen molar-refractivity contribution in [2.45, 2.75) is 39.6 Å². The van der Waals surface area contributed by atoms with Gasteiger partial charge in [-0.2, -0.15) is 0 Å². The first-order valence-corrected chi connectivity index (χ1v) is 7.62. The molecule has 0 atom stereocenters. The number of carbonyl (C=O) groups is 2. The summed E-state index contributed by atoms with van der Waals surface area (Å²) in [7, 11) is 0. The van der Waals surface area contributed by atoms with Gasteiger partial charge in [-0.3, -0.25) is 0 Å². The fourth-order valence-corrected chi connectivity index (χ4v) is 2.31. The molecule has 0 amide bonds. The van der Waals surface area contributed by atoms with Gasteiger partial charge in [-0.15, -0.1) is 0 Å². The zero-order chi connectivity index (χ0) is 16.5. The fourth-order valence-electron chi connectivity index (χ4n) is 1.93. The van der Waals surface area contributed by atoms with Crippen LogP contribution in [0, 0.1) is 0 Å². The van der Waals surface area contributed by atoms with E-state index in [1.165, 1.54) is 19.9 Å². The quantitative estimate of drug-likeness (QED) is 0.464. The molecule has 0 saturated carbocycles. The largest absolute Gasteiger partial charge is 0.490 e. The Morgan fingerprint density at radius 1 is 1.18 bits per heavy atom. The minimum absolute atomic E-state index is 0.0393. The van der Waals surface area contributed by atoms with Crippen molar-refractivity contribution in [1.29, 1.82) is 0 Å². The molecule has 118 valence electrons. The van der Waals surface area contributed by atoms with Gasteiger partial charge in [0, 0.05) is 23.9 Å². The van der Waals surface area contributed by atoms with Crippen molar-refractivity contribution in [2.24, 2.45) is 0 Å². The van der Waals surface area contributed by atoms with Crippen LogP contribution in [0.5, 0.6) is 5.75 Å². The molecule has 5 nitrogen and oxygen atoms in total. The van der Waals surface area contributed by atoms with E-state index in [4.69, 9.17) is 14.2 Å². The molecule has 1 aromatic carbocycles. The molecule has 1 aromatic rings. The number of halogens is 1. The Bertz CT molecular complexity index is 624. The number of ether oxygens (including phenoxy) is 3. The molecule has 1 fully saturated rings. The van der Waals surface area contributed by atoms with Gasteiger partial charge >= 0.3 is 11.9 Å². The molecule has 0 aromatic heterocycles. The highest BCUT2D eigenvalue weighted by Crippen LogP contribution is 2.29. The van der Waals surface area contributed by atoms with Crippen molar-refractivity contribution < 1.29 is 23.8 Å². The number of hydrogen-bond donors (Lipinski definition) is 0. The molecule has 22 heavy (non-hydrogen) atoms. The summed E-state index contributed by atoms with van der Waals surface area (Å²) in [6.07, 6.45) is 1.38. The van der Waals surface area contributed by atoms with Crippen LogP contribution >= 0.6 is 15.9 Å². The molecule has 6 heteroatoms. The van der Waals surface area contributed by atoms with E-state index in [9.17, 15) is 9.59 Å². The van der Waals surface area contributed by atoms with Crippen molar-refractivity contribution in [1.82, 2.24) is 0 Å². The summed E-state index contributed by atoms with van der Waals surface area (Å²) in [4.78, 5) is 24.0. The third-order valence-electron chi connectivity index (χ3n) is 2.75. The van der Waals surface area contributed by atoms with Gasteiger partial charge < -0.3 is 14.2 Å². The van der Waals surface area contributed by atoms with Crippen molar-refractivity contribution in [3.8, 4) is 5.75 Å². The predicted molar refractivity (Wildman–Crippen MR) is 84.1 cm³/mol. The lowest BCUT2D eigenvalue weighted by Crippen LogP contribution is -2.41. The maximum absolute atomic E-state index is 12.0. The molecule has 2 rings (SSSR count). The Hall–Kier alpha value is -1.82. The van der Waals surface area contributed by atoms with E-state index in [2.05, 4.69) is 15.9 Å². The highest BCUT2D eigenvalue weighted by atomic mass is 79.9.